The van der Waals surface area contributed by atoms with Crippen LogP contribution in [-0.2, 0) is 96.6 Å². The molecule has 25 heteroatoms. The molecule has 1 heterocycles. The lowest BCUT2D eigenvalue weighted by Crippen LogP contribution is -2.42. The lowest BCUT2D eigenvalue weighted by molar-refractivity contribution is -0.139. The Balaban J connectivity index is 1.09. The average molecular weight is 1160 g/mol. The highest BCUT2D eigenvalue weighted by atomic mass is 16.6. The Kier molecular flexibility index (Phi) is 43.5. The van der Waals surface area contributed by atoms with Gasteiger partial charge in [-0.25, -0.2) is 4.79 Å². The van der Waals surface area contributed by atoms with Crippen LogP contribution < -0.4 is 10.1 Å². The van der Waals surface area contributed by atoms with Gasteiger partial charge in [-0.05, 0) is 42.7 Å². The highest BCUT2D eigenvalue weighted by Crippen LogP contribution is 2.22. The second-order valence-electron chi connectivity index (χ2n) is 17.5. The number of fused-ring (bicyclic) bond motifs is 1. The number of carbonyl (C=O) groups is 5. The molecule has 1 aliphatic heterocycles. The van der Waals surface area contributed by atoms with E-state index >= 15 is 0 Å². The maximum absolute atomic E-state index is 13.4. The van der Waals surface area contributed by atoms with Crippen LogP contribution in [0.15, 0.2) is 48.5 Å². The van der Waals surface area contributed by atoms with Crippen LogP contribution >= 0.6 is 0 Å². The summed E-state index contributed by atoms with van der Waals surface area (Å²) in [4.78, 5) is 63.3. The molecular weight excluding hydrogens is 1070 g/mol. The summed E-state index contributed by atoms with van der Waals surface area (Å²) in [5, 5.41) is 11.8. The highest BCUT2D eigenvalue weighted by Gasteiger charge is 2.34. The van der Waals surface area contributed by atoms with Crippen LogP contribution in [0.25, 0.3) is 0 Å². The number of rotatable bonds is 59. The largest absolute Gasteiger partial charge is 0.482 e. The predicted octanol–water partition coefficient (Wildman–Crippen LogP) is 2.11. The fraction of sp³-hybridized carbons (Fsp3) is 0.696. The Bertz CT molecular complexity index is 1880. The van der Waals surface area contributed by atoms with Gasteiger partial charge in [0.2, 0.25) is 5.91 Å². The molecule has 81 heavy (non-hydrogen) atoms. The zero-order valence-electron chi connectivity index (χ0n) is 47.2. The van der Waals surface area contributed by atoms with Gasteiger partial charge >= 0.3 is 5.97 Å². The van der Waals surface area contributed by atoms with Crippen molar-refractivity contribution in [3.63, 3.8) is 0 Å². The third-order valence-corrected chi connectivity index (χ3v) is 11.2. The number of aliphatic carboxylic acids is 1. The van der Waals surface area contributed by atoms with Gasteiger partial charge in [-0.1, -0.05) is 24.3 Å². The Morgan fingerprint density at radius 1 is 0.444 bits per heavy atom. The Hall–Kier alpha value is -4.65. The van der Waals surface area contributed by atoms with Gasteiger partial charge in [0.05, 0.1) is 222 Å². The number of amides is 3. The number of carboxylic acid groups (broad SMARTS) is 1. The zero-order chi connectivity index (χ0) is 57.9. The molecular formula is C56H88N2O23. The van der Waals surface area contributed by atoms with Gasteiger partial charge in [0, 0.05) is 26.6 Å². The smallest absolute Gasteiger partial charge is 0.341 e. The summed E-state index contributed by atoms with van der Waals surface area (Å²) in [6.45, 7) is 12.3. The first kappa shape index (κ1) is 70.6. The molecule has 3 rings (SSSR count). The lowest BCUT2D eigenvalue weighted by atomic mass is 9.99. The number of carboxylic acids is 1. The molecule has 0 fully saturated rings. The van der Waals surface area contributed by atoms with Crippen molar-refractivity contribution in [1.82, 2.24) is 10.2 Å². The maximum Gasteiger partial charge on any atom is 0.341 e. The molecule has 1 unspecified atom stereocenters. The van der Waals surface area contributed by atoms with Crippen molar-refractivity contribution in [3.8, 4) is 5.75 Å². The van der Waals surface area contributed by atoms with Crippen molar-refractivity contribution in [3.05, 3.63) is 65.2 Å². The number of benzene rings is 2. The summed E-state index contributed by atoms with van der Waals surface area (Å²) in [5.41, 5.74) is 1.56. The summed E-state index contributed by atoms with van der Waals surface area (Å²) in [6.07, 6.45) is 0.856. The molecule has 2 aromatic carbocycles. The van der Waals surface area contributed by atoms with Gasteiger partial charge in [0.25, 0.3) is 11.8 Å². The second-order valence-corrected chi connectivity index (χ2v) is 17.5. The topological polar surface area (TPSA) is 278 Å². The van der Waals surface area contributed by atoms with Crippen LogP contribution in [0.1, 0.15) is 45.5 Å². The van der Waals surface area contributed by atoms with E-state index in [0.717, 1.165) is 5.56 Å². The van der Waals surface area contributed by atoms with Crippen molar-refractivity contribution >= 4 is 29.5 Å². The molecule has 1 aliphatic rings. The number of ketones is 1. The molecule has 0 bridgehead atoms. The third kappa shape index (κ3) is 37.2. The minimum atomic E-state index is -1.10. The minimum absolute atomic E-state index is 0.0264. The number of hydrogen-bond acceptors (Lipinski definition) is 22. The quantitative estimate of drug-likeness (QED) is 0.0709. The van der Waals surface area contributed by atoms with Crippen molar-refractivity contribution in [2.75, 3.05) is 225 Å². The first-order valence-corrected chi connectivity index (χ1v) is 27.7. The molecule has 0 saturated heterocycles. The monoisotopic (exact) mass is 1160 g/mol. The number of ether oxygens (including phenoxy) is 17. The van der Waals surface area contributed by atoms with Crippen molar-refractivity contribution in [2.24, 2.45) is 0 Å². The predicted molar refractivity (Wildman–Crippen MR) is 290 cm³/mol. The van der Waals surface area contributed by atoms with Gasteiger partial charge in [-0.15, -0.1) is 0 Å². The van der Waals surface area contributed by atoms with Crippen LogP contribution in [0.3, 0.4) is 0 Å². The van der Waals surface area contributed by atoms with E-state index in [1.165, 1.54) is 4.90 Å². The number of nitrogens with zero attached hydrogens (tertiary/aromatic N) is 1. The van der Waals surface area contributed by atoms with Gasteiger partial charge in [0.1, 0.15) is 5.75 Å². The van der Waals surface area contributed by atoms with Gasteiger partial charge in [-0.3, -0.25) is 24.1 Å². The number of hydrogen-bond donors (Lipinski definition) is 2. The summed E-state index contributed by atoms with van der Waals surface area (Å²) < 4.78 is 92.7. The summed E-state index contributed by atoms with van der Waals surface area (Å²) in [5.74, 6) is -1.89. The van der Waals surface area contributed by atoms with Crippen LogP contribution in [0, 0.1) is 0 Å². The van der Waals surface area contributed by atoms with E-state index in [9.17, 15) is 24.0 Å². The van der Waals surface area contributed by atoms with Crippen LogP contribution in [0.4, 0.5) is 0 Å². The van der Waals surface area contributed by atoms with E-state index in [-0.39, 0.29) is 75.7 Å². The molecule has 0 spiro atoms. The van der Waals surface area contributed by atoms with Gasteiger partial charge < -0.3 is 90.9 Å². The Morgan fingerprint density at radius 2 is 0.790 bits per heavy atom. The first-order chi connectivity index (χ1) is 39.8. The average Bonchev–Trinajstić information content (AvgIpc) is 3.73. The normalized spacial score (nSPS) is 12.6. The van der Waals surface area contributed by atoms with E-state index in [1.54, 1.807) is 55.6 Å². The van der Waals surface area contributed by atoms with E-state index < -0.39 is 18.6 Å². The number of carbonyl (C=O) groups excluding carboxylic acids is 4. The zero-order valence-corrected chi connectivity index (χ0v) is 47.2. The molecule has 1 atom stereocenters. The third-order valence-electron chi connectivity index (χ3n) is 11.2. The fourth-order valence-electron chi connectivity index (χ4n) is 7.11. The molecule has 0 radical (unpaired) electrons. The van der Waals surface area contributed by atoms with Crippen LogP contribution in [0.2, 0.25) is 0 Å². The Morgan fingerprint density at radius 3 is 1.16 bits per heavy atom. The molecule has 2 aromatic rings. The molecule has 25 nitrogen and oxygen atoms in total. The minimum Gasteiger partial charge on any atom is -0.482 e. The first-order valence-electron chi connectivity index (χ1n) is 27.7. The van der Waals surface area contributed by atoms with Crippen LogP contribution in [-0.4, -0.2) is 271 Å². The highest BCUT2D eigenvalue weighted by molar-refractivity contribution is 6.21. The molecule has 2 N–H and O–H groups in total. The number of Topliss-reactive ketones (excluding diaryl/α,β-unsaturated/α-hetero) is 1. The summed E-state index contributed by atoms with van der Waals surface area (Å²) in [6, 6.07) is 12.6. The van der Waals surface area contributed by atoms with Crippen molar-refractivity contribution in [2.45, 2.75) is 31.7 Å². The van der Waals surface area contributed by atoms with Gasteiger partial charge in [0.15, 0.2) is 12.4 Å². The Labute approximate surface area is 475 Å². The standard InChI is InChI=1S/C56H88N2O23/c1-65-17-18-69-25-26-73-31-32-75-35-36-77-39-40-79-43-44-80-42-41-78-38-37-76-34-33-74-30-27-70-22-19-66-14-4-7-52(59)51(45-47-8-10-48(11-9-47)81-46-54(61)62)57-53(60)12-15-67-20-23-71-28-29-72-24-21-68-16-13-58-55(63)49-5-2-3-6-50(49)56(58)64/h2-3,5-6,8-11,51H,4,7,12-46H2,1H3,(H,57,60)(H,61,62). The summed E-state index contributed by atoms with van der Waals surface area (Å²) >= 11 is 0. The van der Waals surface area contributed by atoms with Gasteiger partial charge in [-0.2, -0.15) is 0 Å². The van der Waals surface area contributed by atoms with E-state index in [4.69, 9.17) is 85.6 Å². The SMILES string of the molecule is COCCOCCOCCOCCOCCOCCOCCOCCOCCOCCOCCOCCCC(=O)C(Cc1ccc(OCC(=O)O)cc1)NC(=O)CCOCCOCCOCCOCCN1C(=O)c2ccccc2C1=O. The number of imide groups is 1. The second kappa shape index (κ2) is 49.9. The van der Waals surface area contributed by atoms with Crippen LogP contribution in [0.5, 0.6) is 5.75 Å². The molecule has 0 aromatic heterocycles. The van der Waals surface area contributed by atoms with Crippen molar-refractivity contribution < 1.29 is 110 Å². The van der Waals surface area contributed by atoms with E-state index in [2.05, 4.69) is 5.32 Å². The number of nitrogens with one attached hydrogen (secondary N) is 1. The lowest BCUT2D eigenvalue weighted by Gasteiger charge is -2.18. The molecule has 3 amide bonds. The van der Waals surface area contributed by atoms with Crippen molar-refractivity contribution in [1.29, 1.82) is 0 Å². The molecule has 460 valence electrons. The number of methoxy groups -OCH3 is 1. The molecule has 0 saturated carbocycles. The van der Waals surface area contributed by atoms with E-state index in [1.807, 2.05) is 0 Å². The molecule has 0 aliphatic carbocycles. The van der Waals surface area contributed by atoms with E-state index in [0.29, 0.717) is 202 Å². The fourth-order valence-corrected chi connectivity index (χ4v) is 7.11. The summed E-state index contributed by atoms with van der Waals surface area (Å²) in [7, 11) is 1.64. The maximum atomic E-state index is 13.4.